The van der Waals surface area contributed by atoms with Crippen molar-refractivity contribution >= 4 is 5.97 Å². The molecule has 0 saturated carbocycles. The average molecular weight is 324 g/mol. The second-order valence-corrected chi connectivity index (χ2v) is 6.39. The number of rotatable bonds is 7. The summed E-state index contributed by atoms with van der Waals surface area (Å²) in [6.07, 6.45) is 2.46. The molecule has 1 heterocycles. The average Bonchev–Trinajstić information content (AvgIpc) is 3.03. The molecule has 3 rings (SSSR count). The van der Waals surface area contributed by atoms with E-state index >= 15 is 0 Å². The highest BCUT2D eigenvalue weighted by Gasteiger charge is 2.23. The molecule has 0 aromatic heterocycles. The van der Waals surface area contributed by atoms with E-state index in [0.29, 0.717) is 18.2 Å². The maximum atomic E-state index is 11.0. The van der Waals surface area contributed by atoms with Gasteiger partial charge in [0.1, 0.15) is 0 Å². The summed E-state index contributed by atoms with van der Waals surface area (Å²) in [5.74, 6) is -0.873. The third-order valence-corrected chi connectivity index (χ3v) is 4.61. The number of benzene rings is 2. The molecule has 1 unspecified atom stereocenters. The van der Waals surface area contributed by atoms with Gasteiger partial charge in [-0.25, -0.2) is 4.79 Å². The molecular formula is C20H24N2O2. The van der Waals surface area contributed by atoms with Gasteiger partial charge in [0.25, 0.3) is 0 Å². The van der Waals surface area contributed by atoms with Crippen LogP contribution in [0.15, 0.2) is 54.6 Å². The maximum Gasteiger partial charge on any atom is 0.335 e. The van der Waals surface area contributed by atoms with Crippen LogP contribution in [-0.4, -0.2) is 35.1 Å². The second kappa shape index (κ2) is 8.08. The molecule has 0 bridgehead atoms. The van der Waals surface area contributed by atoms with Gasteiger partial charge in [0.2, 0.25) is 0 Å². The number of likely N-dealkylation sites (tertiary alicyclic amines) is 1. The number of hydrogen-bond acceptors (Lipinski definition) is 3. The smallest absolute Gasteiger partial charge is 0.335 e. The van der Waals surface area contributed by atoms with Gasteiger partial charge < -0.3 is 10.4 Å². The minimum atomic E-state index is -0.873. The van der Waals surface area contributed by atoms with Crippen LogP contribution in [0.2, 0.25) is 0 Å². The third-order valence-electron chi connectivity index (χ3n) is 4.61. The fraction of sp³-hybridized carbons (Fsp3) is 0.350. The van der Waals surface area contributed by atoms with Gasteiger partial charge in [0.15, 0.2) is 0 Å². The second-order valence-electron chi connectivity index (χ2n) is 6.39. The van der Waals surface area contributed by atoms with Crippen molar-refractivity contribution in [1.29, 1.82) is 0 Å². The van der Waals surface area contributed by atoms with E-state index in [9.17, 15) is 4.79 Å². The Labute approximate surface area is 143 Å². The van der Waals surface area contributed by atoms with Crippen LogP contribution in [0.25, 0.3) is 0 Å². The predicted molar refractivity (Wildman–Crippen MR) is 95.0 cm³/mol. The van der Waals surface area contributed by atoms with Gasteiger partial charge >= 0.3 is 5.97 Å². The summed E-state index contributed by atoms with van der Waals surface area (Å²) >= 11 is 0. The Morgan fingerprint density at radius 3 is 2.71 bits per heavy atom. The maximum absolute atomic E-state index is 11.0. The number of aromatic carboxylic acids is 1. The molecule has 4 heteroatoms. The minimum absolute atomic E-state index is 0.348. The van der Waals surface area contributed by atoms with Gasteiger partial charge in [0, 0.05) is 25.7 Å². The van der Waals surface area contributed by atoms with Crippen LogP contribution in [-0.2, 0) is 13.1 Å². The van der Waals surface area contributed by atoms with Gasteiger partial charge in [-0.15, -0.1) is 0 Å². The molecule has 1 aliphatic heterocycles. The van der Waals surface area contributed by atoms with Crippen molar-refractivity contribution in [3.63, 3.8) is 0 Å². The fourth-order valence-electron chi connectivity index (χ4n) is 3.35. The van der Waals surface area contributed by atoms with Gasteiger partial charge in [-0.2, -0.15) is 0 Å². The first kappa shape index (κ1) is 16.7. The summed E-state index contributed by atoms with van der Waals surface area (Å²) < 4.78 is 0. The number of hydrogen-bond donors (Lipinski definition) is 2. The SMILES string of the molecule is O=C(O)c1cccc(CNCC2CCCN2Cc2ccccc2)c1. The number of carboxylic acid groups (broad SMARTS) is 1. The minimum Gasteiger partial charge on any atom is -0.478 e. The zero-order chi connectivity index (χ0) is 16.8. The lowest BCUT2D eigenvalue weighted by Crippen LogP contribution is -2.37. The van der Waals surface area contributed by atoms with E-state index in [0.717, 1.165) is 25.2 Å². The lowest BCUT2D eigenvalue weighted by Gasteiger charge is -2.25. The van der Waals surface area contributed by atoms with Crippen molar-refractivity contribution < 1.29 is 9.90 Å². The molecule has 0 spiro atoms. The molecule has 1 aliphatic rings. The standard InChI is InChI=1S/C20H24N2O2/c23-20(24)18-9-4-8-17(12-18)13-21-14-19-10-5-11-22(19)15-16-6-2-1-3-7-16/h1-4,6-9,12,19,21H,5,10-11,13-15H2,(H,23,24). The number of carboxylic acids is 1. The first-order valence-corrected chi connectivity index (χ1v) is 8.53. The van der Waals surface area contributed by atoms with Crippen LogP contribution in [0.5, 0.6) is 0 Å². The van der Waals surface area contributed by atoms with E-state index in [4.69, 9.17) is 5.11 Å². The molecule has 2 aromatic carbocycles. The van der Waals surface area contributed by atoms with Gasteiger partial charge in [-0.1, -0.05) is 42.5 Å². The molecule has 24 heavy (non-hydrogen) atoms. The Morgan fingerprint density at radius 1 is 1.12 bits per heavy atom. The van der Waals surface area contributed by atoms with E-state index in [1.165, 1.54) is 18.4 Å². The number of nitrogens with zero attached hydrogens (tertiary/aromatic N) is 1. The third kappa shape index (κ3) is 4.43. The van der Waals surface area contributed by atoms with Crippen molar-refractivity contribution in [3.05, 3.63) is 71.3 Å². The van der Waals surface area contributed by atoms with E-state index in [1.54, 1.807) is 18.2 Å². The molecule has 126 valence electrons. The van der Waals surface area contributed by atoms with Crippen LogP contribution >= 0.6 is 0 Å². The highest BCUT2D eigenvalue weighted by molar-refractivity contribution is 5.87. The highest BCUT2D eigenvalue weighted by Crippen LogP contribution is 2.19. The van der Waals surface area contributed by atoms with E-state index < -0.39 is 5.97 Å². The van der Waals surface area contributed by atoms with Gasteiger partial charge in [-0.3, -0.25) is 4.90 Å². The number of carbonyl (C=O) groups is 1. The van der Waals surface area contributed by atoms with Crippen LogP contribution in [0, 0.1) is 0 Å². The van der Waals surface area contributed by atoms with Crippen molar-refractivity contribution in [2.24, 2.45) is 0 Å². The molecule has 4 nitrogen and oxygen atoms in total. The van der Waals surface area contributed by atoms with Crippen molar-refractivity contribution in [2.75, 3.05) is 13.1 Å². The Balaban J connectivity index is 1.50. The van der Waals surface area contributed by atoms with Crippen molar-refractivity contribution in [2.45, 2.75) is 32.0 Å². The van der Waals surface area contributed by atoms with Crippen LogP contribution in [0.3, 0.4) is 0 Å². The Bertz CT molecular complexity index is 672. The van der Waals surface area contributed by atoms with E-state index in [-0.39, 0.29) is 0 Å². The van der Waals surface area contributed by atoms with Crippen LogP contribution < -0.4 is 5.32 Å². The van der Waals surface area contributed by atoms with Gasteiger partial charge in [-0.05, 0) is 42.6 Å². The van der Waals surface area contributed by atoms with Crippen LogP contribution in [0.1, 0.15) is 34.3 Å². The molecule has 0 radical (unpaired) electrons. The molecule has 1 fully saturated rings. The molecule has 1 atom stereocenters. The fourth-order valence-corrected chi connectivity index (χ4v) is 3.35. The monoisotopic (exact) mass is 324 g/mol. The lowest BCUT2D eigenvalue weighted by molar-refractivity contribution is 0.0696. The molecule has 2 aromatic rings. The molecule has 0 amide bonds. The largest absolute Gasteiger partial charge is 0.478 e. The molecule has 2 N–H and O–H groups in total. The van der Waals surface area contributed by atoms with Crippen molar-refractivity contribution in [1.82, 2.24) is 10.2 Å². The number of nitrogens with one attached hydrogen (secondary N) is 1. The van der Waals surface area contributed by atoms with Crippen LogP contribution in [0.4, 0.5) is 0 Å². The quantitative estimate of drug-likeness (QED) is 0.821. The Kier molecular flexibility index (Phi) is 5.62. The van der Waals surface area contributed by atoms with Crippen molar-refractivity contribution in [3.8, 4) is 0 Å². The summed E-state index contributed by atoms with van der Waals surface area (Å²) in [6.45, 7) is 3.79. The summed E-state index contributed by atoms with van der Waals surface area (Å²) in [6, 6.07) is 18.3. The molecule has 1 saturated heterocycles. The normalized spacial score (nSPS) is 17.9. The Hall–Kier alpha value is -2.17. The zero-order valence-electron chi connectivity index (χ0n) is 13.8. The molecule has 0 aliphatic carbocycles. The first-order valence-electron chi connectivity index (χ1n) is 8.53. The topological polar surface area (TPSA) is 52.6 Å². The lowest BCUT2D eigenvalue weighted by atomic mass is 10.1. The first-order chi connectivity index (χ1) is 11.7. The highest BCUT2D eigenvalue weighted by atomic mass is 16.4. The van der Waals surface area contributed by atoms with Gasteiger partial charge in [0.05, 0.1) is 5.56 Å². The summed E-state index contributed by atoms with van der Waals surface area (Å²) in [4.78, 5) is 13.6. The summed E-state index contributed by atoms with van der Waals surface area (Å²) in [5, 5.41) is 12.5. The Morgan fingerprint density at radius 2 is 1.92 bits per heavy atom. The predicted octanol–water partition coefficient (Wildman–Crippen LogP) is 3.14. The molecular weight excluding hydrogens is 300 g/mol. The summed E-state index contributed by atoms with van der Waals surface area (Å²) in [7, 11) is 0. The van der Waals surface area contributed by atoms with E-state index in [2.05, 4.69) is 40.5 Å². The van der Waals surface area contributed by atoms with E-state index in [1.807, 2.05) is 6.07 Å². The summed E-state index contributed by atoms with van der Waals surface area (Å²) in [5.41, 5.74) is 2.72. The zero-order valence-corrected chi connectivity index (χ0v) is 13.8.